The van der Waals surface area contributed by atoms with Gasteiger partial charge in [-0.2, -0.15) is 10.1 Å². The van der Waals surface area contributed by atoms with Gasteiger partial charge in [-0.05, 0) is 234 Å². The van der Waals surface area contributed by atoms with E-state index in [4.69, 9.17) is 21.0 Å². The van der Waals surface area contributed by atoms with Crippen molar-refractivity contribution in [3.8, 4) is 11.3 Å². The molecule has 8 N–H and O–H groups in total. The van der Waals surface area contributed by atoms with Crippen LogP contribution in [0.4, 0.5) is 29.3 Å². The van der Waals surface area contributed by atoms with Gasteiger partial charge in [-0.25, -0.2) is 59.5 Å². The minimum absolute atomic E-state index is 0.0417. The molecule has 5 aromatic carbocycles. The van der Waals surface area contributed by atoms with E-state index in [1.165, 1.54) is 19.0 Å². The first-order valence-corrected chi connectivity index (χ1v) is 48.5. The van der Waals surface area contributed by atoms with Gasteiger partial charge in [0.15, 0.2) is 45.6 Å². The van der Waals surface area contributed by atoms with Crippen LogP contribution >= 0.6 is 0 Å². The molecular weight excluding hydrogens is 1750 g/mol. The summed E-state index contributed by atoms with van der Waals surface area (Å²) in [5.41, 5.74) is 28.0. The maximum absolute atomic E-state index is 14.1. The molecule has 139 heavy (non-hydrogen) atoms. The molecule has 13 aromatic heterocycles. The highest BCUT2D eigenvalue weighted by Gasteiger charge is 2.33. The van der Waals surface area contributed by atoms with E-state index in [2.05, 4.69) is 198 Å². The lowest BCUT2D eigenvalue weighted by Crippen LogP contribution is -2.42. The van der Waals surface area contributed by atoms with Gasteiger partial charge >= 0.3 is 0 Å². The third kappa shape index (κ3) is 18.8. The van der Waals surface area contributed by atoms with Crippen LogP contribution in [0.1, 0.15) is 169 Å². The molecule has 4 saturated heterocycles. The Hall–Kier alpha value is -14.6. The molecule has 0 saturated carbocycles. The fourth-order valence-corrected chi connectivity index (χ4v) is 21.3. The average Bonchev–Trinajstić information content (AvgIpc) is 1.69. The number of benzene rings is 5. The Labute approximate surface area is 803 Å². The number of hydrogen-bond donors (Lipinski definition) is 6. The number of imidazole rings is 3. The molecule has 18 aromatic rings. The fourth-order valence-electron chi connectivity index (χ4n) is 21.3. The molecule has 0 amide bonds. The average molecular weight is 1870 g/mol. The molecular formula is C104H122N30O5. The van der Waals surface area contributed by atoms with Crippen LogP contribution in [-0.2, 0) is 26.2 Å². The van der Waals surface area contributed by atoms with Gasteiger partial charge in [0.1, 0.15) is 58.9 Å². The van der Waals surface area contributed by atoms with Gasteiger partial charge in [-0.15, -0.1) is 0 Å². The second-order valence-electron chi connectivity index (χ2n) is 38.4. The van der Waals surface area contributed by atoms with Crippen LogP contribution in [0.25, 0.3) is 110 Å². The number of anilines is 5. The number of pyridine rings is 4. The molecule has 35 nitrogen and oxygen atoms in total. The van der Waals surface area contributed by atoms with Gasteiger partial charge in [-0.3, -0.25) is 19.2 Å². The summed E-state index contributed by atoms with van der Waals surface area (Å²) in [6.45, 7) is 34.3. The first-order chi connectivity index (χ1) is 67.3. The topological polar surface area (TPSA) is 405 Å². The summed E-state index contributed by atoms with van der Waals surface area (Å²) in [6, 6.07) is 40.8. The number of hydrogen-bond acceptors (Lipinski definition) is 27. The second-order valence-corrected chi connectivity index (χ2v) is 38.4. The maximum Gasteiger partial charge on any atom is 0.292 e. The van der Waals surface area contributed by atoms with Gasteiger partial charge in [0.2, 0.25) is 0 Å². The van der Waals surface area contributed by atoms with Gasteiger partial charge in [-0.1, -0.05) is 72.8 Å². The van der Waals surface area contributed by atoms with Gasteiger partial charge in [0.05, 0.1) is 72.1 Å². The van der Waals surface area contributed by atoms with Gasteiger partial charge < -0.3 is 83.8 Å². The molecule has 0 aliphatic carbocycles. The number of nitrogen functional groups attached to an aromatic ring is 2. The molecule has 4 fully saturated rings. The summed E-state index contributed by atoms with van der Waals surface area (Å²) in [5, 5.41) is 16.2. The van der Waals surface area contributed by atoms with E-state index in [0.717, 1.165) is 232 Å². The number of fused-ring (bicyclic) bond motifs is 9. The summed E-state index contributed by atoms with van der Waals surface area (Å²) in [5.74, 6) is 2.59. The van der Waals surface area contributed by atoms with Crippen LogP contribution in [0, 0.1) is 27.7 Å². The summed E-state index contributed by atoms with van der Waals surface area (Å²) >= 11 is 0. The van der Waals surface area contributed by atoms with Crippen LogP contribution in [0.2, 0.25) is 0 Å². The number of aromatic nitrogens is 21. The van der Waals surface area contributed by atoms with Crippen LogP contribution < -0.4 is 48.8 Å². The van der Waals surface area contributed by atoms with E-state index in [-0.39, 0.29) is 52.4 Å². The molecule has 0 radical (unpaired) electrons. The Morgan fingerprint density at radius 3 is 1.35 bits per heavy atom. The zero-order valence-electron chi connectivity index (χ0n) is 81.3. The number of nitrogens with one attached hydrogen (secondary N) is 4. The Balaban J connectivity index is 0.000000119. The van der Waals surface area contributed by atoms with Crippen molar-refractivity contribution >= 4 is 128 Å². The number of rotatable bonds is 20. The van der Waals surface area contributed by atoms with Gasteiger partial charge in [0.25, 0.3) is 28.3 Å². The molecule has 0 unspecified atom stereocenters. The van der Waals surface area contributed by atoms with Crippen molar-refractivity contribution in [3.63, 3.8) is 0 Å². The van der Waals surface area contributed by atoms with E-state index < -0.39 is 0 Å². The highest BCUT2D eigenvalue weighted by Crippen LogP contribution is 2.38. The molecule has 718 valence electrons. The summed E-state index contributed by atoms with van der Waals surface area (Å²) < 4.78 is 15.4. The van der Waals surface area contributed by atoms with Crippen molar-refractivity contribution in [2.45, 2.75) is 196 Å². The molecule has 4 aliphatic heterocycles. The predicted molar refractivity (Wildman–Crippen MR) is 550 cm³/mol. The van der Waals surface area contributed by atoms with Crippen molar-refractivity contribution in [2.24, 2.45) is 0 Å². The first kappa shape index (κ1) is 93.5. The van der Waals surface area contributed by atoms with Crippen molar-refractivity contribution in [1.29, 1.82) is 0 Å². The third-order valence-corrected chi connectivity index (χ3v) is 28.7. The Morgan fingerprint density at radius 1 is 0.453 bits per heavy atom. The minimum Gasteiger partial charge on any atom is -0.424 e. The number of aromatic amines is 3. The highest BCUT2D eigenvalue weighted by molar-refractivity contribution is 6.00. The molecule has 17 heterocycles. The summed E-state index contributed by atoms with van der Waals surface area (Å²) in [7, 11) is 4.12. The van der Waals surface area contributed by atoms with E-state index in [1.807, 2.05) is 140 Å². The number of oxazole rings is 1. The number of likely N-dealkylation sites (tertiary alicyclic amines) is 4. The normalized spacial score (nSPS) is 15.5. The Kier molecular flexibility index (Phi) is 26.8. The molecule has 35 heteroatoms. The van der Waals surface area contributed by atoms with Crippen LogP contribution in [0.15, 0.2) is 183 Å². The quantitative estimate of drug-likeness (QED) is 0.0413. The number of nitrogens with zero attached hydrogens (tertiary/aromatic N) is 24. The molecule has 4 aliphatic rings. The van der Waals surface area contributed by atoms with E-state index in [0.29, 0.717) is 101 Å². The number of aryl methyl sites for hydroxylation is 4. The number of H-pyrrole nitrogens is 3. The van der Waals surface area contributed by atoms with E-state index in [1.54, 1.807) is 25.3 Å². The smallest absolute Gasteiger partial charge is 0.292 e. The number of nitrogens with two attached hydrogens (primary N) is 2. The predicted octanol–water partition coefficient (Wildman–Crippen LogP) is 15.1. The maximum atomic E-state index is 14.1. The largest absolute Gasteiger partial charge is 0.424 e. The van der Waals surface area contributed by atoms with Crippen molar-refractivity contribution in [2.75, 3.05) is 99.6 Å². The Morgan fingerprint density at radius 2 is 0.863 bits per heavy atom. The lowest BCUT2D eigenvalue weighted by molar-refractivity contribution is 0.149. The third-order valence-electron chi connectivity index (χ3n) is 28.7. The fraction of sp³-hybridized carbons (Fsp3) is 0.394. The standard InChI is InChI=1S/C29H29N9O2.C26H33N7O.C25H31N7O.C24H29N7O/c1-16-4-3-5-17-12-20(38(28(39)23(16)17)19-8-10-36(2)11-9-19)14-37-27-24(26(30)32-15-33-27)25(35-37)18-6-7-22-21(13-18)34-29(31)40-22;1-5-31(25-23-24(28-15-27-23)29-16-30-25)14-21-13-19-8-6-7-18(4)22(19)26(34)33(21)20-9-11-32(12-10-20)17(2)3;1-16(2)31-10-8-19(9-11-31)32-20(12-18-7-5-6-17(3)21(18)25(32)33)13-30(4)24-22-23(27-14-26-22)28-15-29-24;1-15(2)30-9-7-18(8-10-30)31-19(11-17-6-4-5-16(3)20(17)24(31)32)12-25-22-21-23(27-13-26-21)29-14-28-22/h3-7,12-13,15,19H,8-11,14H2,1-2H3,(H2,31,34)(H2,30,32,33);6-8,13,15-17,20H,5,9-12,14H2,1-4H3,(H,27,28,29,30);5-7,12,14-16,19H,8-11,13H2,1-4H3,(H,26,27,28,29);4-6,11,13-15,18H,7-10,12H2,1-3H3,(H2,25,26,27,28,29). The minimum atomic E-state index is 0.0417. The molecule has 0 bridgehead atoms. The number of piperidine rings is 4. The van der Waals surface area contributed by atoms with Gasteiger partial charge in [0, 0.05) is 123 Å². The zero-order valence-corrected chi connectivity index (χ0v) is 81.3. The van der Waals surface area contributed by atoms with Crippen LogP contribution in [0.5, 0.6) is 0 Å². The van der Waals surface area contributed by atoms with E-state index in [9.17, 15) is 19.2 Å². The Bertz CT molecular complexity index is 7820. The molecule has 0 spiro atoms. The van der Waals surface area contributed by atoms with Crippen molar-refractivity contribution < 1.29 is 4.42 Å². The summed E-state index contributed by atoms with van der Waals surface area (Å²) in [6.07, 6.45) is 18.6. The lowest BCUT2D eigenvalue weighted by Gasteiger charge is -2.36. The molecule has 22 rings (SSSR count). The first-order valence-electron chi connectivity index (χ1n) is 48.5. The molecule has 0 atom stereocenters. The SMILES string of the molecule is CCN(Cc1cc2cccc(C)c2c(=O)n1C1CCN(C(C)C)CC1)c1ncnc2nc[nH]c12.Cc1cccc2cc(CN(C)c3ncnc4nc[nH]c34)n(C3CCN(C(C)C)CC3)c(=O)c12.Cc1cccc2cc(CNc3ncnc4nc[nH]c34)n(C3CCN(C(C)C)CC3)c(=O)c12.Cc1cccc2cc(Cn3nc(-c4ccc5oc(N)nc5c4)c4c(N)ncnc43)n(C3CCN(C)CC3)c(=O)c12. The second kappa shape index (κ2) is 39.9. The highest BCUT2D eigenvalue weighted by atomic mass is 16.4. The van der Waals surface area contributed by atoms with Crippen LogP contribution in [0.3, 0.4) is 0 Å². The van der Waals surface area contributed by atoms with Crippen molar-refractivity contribution in [1.82, 2.24) is 122 Å². The monoisotopic (exact) mass is 1870 g/mol. The zero-order chi connectivity index (χ0) is 96.7. The van der Waals surface area contributed by atoms with E-state index >= 15 is 0 Å². The lowest BCUT2D eigenvalue weighted by atomic mass is 10.00. The van der Waals surface area contributed by atoms with Crippen molar-refractivity contribution in [3.05, 3.63) is 246 Å². The van der Waals surface area contributed by atoms with Crippen LogP contribution in [-0.4, -0.2) is 214 Å². The summed E-state index contributed by atoms with van der Waals surface area (Å²) in [4.78, 5) is 131.